The van der Waals surface area contributed by atoms with E-state index in [4.69, 9.17) is 5.11 Å². The Labute approximate surface area is 289 Å². The summed E-state index contributed by atoms with van der Waals surface area (Å²) in [6, 6.07) is 9.94. The lowest BCUT2D eigenvalue weighted by molar-refractivity contribution is -0.134. The van der Waals surface area contributed by atoms with E-state index in [1.54, 1.807) is 11.0 Å². The molecule has 2 aromatic rings. The van der Waals surface area contributed by atoms with Crippen molar-refractivity contribution < 1.29 is 23.9 Å². The maximum Gasteiger partial charge on any atom is 0.335 e. The first-order valence-corrected chi connectivity index (χ1v) is 17.8. The molecule has 9 heteroatoms. The summed E-state index contributed by atoms with van der Waals surface area (Å²) in [4.78, 5) is 40.4. The Hall–Kier alpha value is -3.72. The first-order valence-electron chi connectivity index (χ1n) is 17.8. The normalized spacial score (nSPS) is 16.0. The number of aryl methyl sites for hydroxylation is 2. The highest BCUT2D eigenvalue weighted by molar-refractivity contribution is 5.88. The maximum absolute atomic E-state index is 14.2. The predicted octanol–water partition coefficient (Wildman–Crippen LogP) is 7.97. The molecule has 2 aliphatic heterocycles. The van der Waals surface area contributed by atoms with Gasteiger partial charge in [-0.15, -0.1) is 0 Å². The van der Waals surface area contributed by atoms with E-state index in [9.17, 15) is 18.8 Å². The van der Waals surface area contributed by atoms with Crippen molar-refractivity contribution in [2.75, 3.05) is 37.6 Å². The van der Waals surface area contributed by atoms with Crippen molar-refractivity contribution in [2.45, 2.75) is 107 Å². The van der Waals surface area contributed by atoms with Gasteiger partial charge in [0.1, 0.15) is 11.9 Å². The molecule has 8 nitrogen and oxygen atoms in total. The number of carboxylic acids is 1. The van der Waals surface area contributed by atoms with E-state index in [2.05, 4.69) is 36.7 Å². The zero-order valence-electron chi connectivity index (χ0n) is 30.8. The molecular weight excluding hydrogens is 607 g/mol. The van der Waals surface area contributed by atoms with Gasteiger partial charge in [-0.2, -0.15) is 0 Å². The summed E-state index contributed by atoms with van der Waals surface area (Å²) < 4.78 is 14.2. The van der Waals surface area contributed by atoms with E-state index in [-0.39, 0.29) is 11.5 Å². The maximum atomic E-state index is 14.2. The second-order valence-electron chi connectivity index (χ2n) is 12.1. The van der Waals surface area contributed by atoms with Crippen LogP contribution in [0.5, 0.6) is 0 Å². The van der Waals surface area contributed by atoms with Gasteiger partial charge >= 0.3 is 5.97 Å². The number of carboxylic acid groups (broad SMARTS) is 1. The Morgan fingerprint density at radius 2 is 1.65 bits per heavy atom. The van der Waals surface area contributed by atoms with Gasteiger partial charge in [0.25, 0.3) is 0 Å². The van der Waals surface area contributed by atoms with Crippen LogP contribution in [0.15, 0.2) is 48.7 Å². The van der Waals surface area contributed by atoms with Crippen LogP contribution in [0.3, 0.4) is 0 Å². The largest absolute Gasteiger partial charge is 0.478 e. The minimum atomic E-state index is -1.09. The van der Waals surface area contributed by atoms with Crippen LogP contribution in [0.25, 0.3) is 0 Å². The average molecular weight is 669 g/mol. The highest BCUT2D eigenvalue weighted by Crippen LogP contribution is 2.27. The fraction of sp³-hybridized carbons (Fsp3) is 0.564. The third kappa shape index (κ3) is 13.4. The number of nitrogens with one attached hydrogen (secondary N) is 1. The lowest BCUT2D eigenvalue weighted by Gasteiger charge is -2.36. The lowest BCUT2D eigenvalue weighted by atomic mass is 9.95. The molecule has 2 saturated heterocycles. The smallest absolute Gasteiger partial charge is 0.335 e. The van der Waals surface area contributed by atoms with Crippen molar-refractivity contribution in [1.82, 2.24) is 15.1 Å². The molecule has 2 aromatic carbocycles. The first-order chi connectivity index (χ1) is 23.1. The van der Waals surface area contributed by atoms with E-state index < -0.39 is 17.8 Å². The van der Waals surface area contributed by atoms with Gasteiger partial charge in [0.05, 0.1) is 11.3 Å². The third-order valence-corrected chi connectivity index (χ3v) is 8.46. The van der Waals surface area contributed by atoms with Gasteiger partial charge < -0.3 is 25.1 Å². The van der Waals surface area contributed by atoms with Crippen LogP contribution in [-0.4, -0.2) is 72.0 Å². The van der Waals surface area contributed by atoms with Crippen LogP contribution in [-0.2, 0) is 16.1 Å². The zero-order valence-corrected chi connectivity index (χ0v) is 30.8. The molecule has 268 valence electrons. The third-order valence-electron chi connectivity index (χ3n) is 8.46. The molecule has 1 atom stereocenters. The number of carbonyl (C=O) groups excluding carboxylic acids is 2. The summed E-state index contributed by atoms with van der Waals surface area (Å²) in [5.74, 6) is -1.00. The number of piperidine rings is 2. The van der Waals surface area contributed by atoms with Crippen molar-refractivity contribution in [3.05, 3.63) is 76.7 Å². The van der Waals surface area contributed by atoms with Crippen molar-refractivity contribution in [2.24, 2.45) is 5.92 Å². The number of aromatic carboxylic acids is 1. The topological polar surface area (TPSA) is 93.2 Å². The minimum Gasteiger partial charge on any atom is -0.478 e. The van der Waals surface area contributed by atoms with Crippen LogP contribution < -0.4 is 10.2 Å². The highest BCUT2D eigenvalue weighted by Gasteiger charge is 2.29. The fourth-order valence-corrected chi connectivity index (χ4v) is 6.01. The standard InChI is InChI=1S/C19H29FN2O2.C16H20N2O2.2C2H6/c1-3-9-21(10-4-2)14-15-7-11-22(12-8-15)18-6-5-16(19(23)24)13-17(18)20;1-11-4-5-12(2)14(8-11)9-18(10-19)15-7-6-13(3)17-16(15)20;2*1-2/h5-6,13,15H,3-4,7-12,14H2,1-2H3,(H,23,24);4-5,8,10,15H,3,6-7,9H2,1-2H3,(H,17,20);2*1-2H3/t;15-;;/m.0../s1. The molecule has 0 spiro atoms. The van der Waals surface area contributed by atoms with Crippen molar-refractivity contribution in [1.29, 1.82) is 0 Å². The molecule has 0 aromatic heterocycles. The van der Waals surface area contributed by atoms with Crippen molar-refractivity contribution >= 4 is 24.0 Å². The SMILES string of the molecule is C=C1CC[C@H](N(C=O)Cc2cc(C)ccc2C)C(=O)N1.CC.CC.CCCN(CCC)CC1CCN(c2ccc(C(=O)O)cc2F)CC1. The van der Waals surface area contributed by atoms with Gasteiger partial charge in [-0.05, 0) is 101 Å². The van der Waals surface area contributed by atoms with E-state index in [0.29, 0.717) is 31.0 Å². The summed E-state index contributed by atoms with van der Waals surface area (Å²) in [6.07, 6.45) is 6.59. The number of nitrogens with zero attached hydrogens (tertiary/aromatic N) is 3. The number of allylic oxidation sites excluding steroid dienone is 1. The number of anilines is 1. The molecule has 0 aliphatic carbocycles. The minimum absolute atomic E-state index is 0.000842. The molecule has 48 heavy (non-hydrogen) atoms. The number of halogens is 1. The lowest BCUT2D eigenvalue weighted by Crippen LogP contribution is -2.48. The molecule has 0 radical (unpaired) electrons. The van der Waals surface area contributed by atoms with Crippen LogP contribution in [0.2, 0.25) is 0 Å². The highest BCUT2D eigenvalue weighted by atomic mass is 19.1. The number of benzene rings is 2. The van der Waals surface area contributed by atoms with Gasteiger partial charge in [-0.1, -0.05) is 71.9 Å². The van der Waals surface area contributed by atoms with Crippen LogP contribution in [0.4, 0.5) is 10.1 Å². The van der Waals surface area contributed by atoms with E-state index in [1.807, 2.05) is 58.6 Å². The van der Waals surface area contributed by atoms with Gasteiger partial charge in [-0.3, -0.25) is 9.59 Å². The molecule has 4 rings (SSSR count). The monoisotopic (exact) mass is 668 g/mol. The summed E-state index contributed by atoms with van der Waals surface area (Å²) in [7, 11) is 0. The zero-order chi connectivity index (χ0) is 36.2. The van der Waals surface area contributed by atoms with Gasteiger partial charge in [-0.25, -0.2) is 9.18 Å². The van der Waals surface area contributed by atoms with Gasteiger partial charge in [0, 0.05) is 31.9 Å². The molecule has 2 N–H and O–H groups in total. The predicted molar refractivity (Wildman–Crippen MR) is 196 cm³/mol. The Bertz CT molecular complexity index is 1290. The molecule has 2 aliphatic rings. The number of rotatable bonds is 12. The number of hydrogen-bond acceptors (Lipinski definition) is 5. The summed E-state index contributed by atoms with van der Waals surface area (Å²) >= 11 is 0. The molecule has 2 heterocycles. The summed E-state index contributed by atoms with van der Waals surface area (Å²) in [6.45, 7) is 25.8. The van der Waals surface area contributed by atoms with Crippen molar-refractivity contribution in [3.63, 3.8) is 0 Å². The fourth-order valence-electron chi connectivity index (χ4n) is 6.01. The average Bonchev–Trinajstić information content (AvgIpc) is 3.08. The molecule has 2 fully saturated rings. The number of carbonyl (C=O) groups is 3. The first kappa shape index (κ1) is 42.3. The van der Waals surface area contributed by atoms with E-state index in [1.165, 1.54) is 18.9 Å². The second kappa shape index (κ2) is 22.8. The summed E-state index contributed by atoms with van der Waals surface area (Å²) in [5, 5.41) is 11.7. The molecule has 0 unspecified atom stereocenters. The number of amides is 2. The van der Waals surface area contributed by atoms with Gasteiger partial charge in [0.15, 0.2) is 0 Å². The van der Waals surface area contributed by atoms with Crippen LogP contribution >= 0.6 is 0 Å². The Morgan fingerprint density at radius 1 is 1.02 bits per heavy atom. The Balaban J connectivity index is 0.000000440. The second-order valence-corrected chi connectivity index (χ2v) is 12.1. The molecule has 0 bridgehead atoms. The van der Waals surface area contributed by atoms with Gasteiger partial charge in [0.2, 0.25) is 12.3 Å². The number of hydrogen-bond donors (Lipinski definition) is 2. The Kier molecular flexibility index (Phi) is 20.1. The molecule has 0 saturated carbocycles. The quantitative estimate of drug-likeness (QED) is 0.223. The van der Waals surface area contributed by atoms with Crippen LogP contribution in [0, 0.1) is 25.6 Å². The molecular formula is C39H61FN4O4. The molecule has 2 amide bonds. The Morgan fingerprint density at radius 3 is 2.17 bits per heavy atom. The summed E-state index contributed by atoms with van der Waals surface area (Å²) in [5.41, 5.74) is 4.61. The van der Waals surface area contributed by atoms with E-state index in [0.717, 1.165) is 80.4 Å². The van der Waals surface area contributed by atoms with Crippen LogP contribution in [0.1, 0.15) is 107 Å². The van der Waals surface area contributed by atoms with Crippen molar-refractivity contribution in [3.8, 4) is 0 Å². The van der Waals surface area contributed by atoms with E-state index >= 15 is 0 Å².